The third-order valence-corrected chi connectivity index (χ3v) is 3.65. The van der Waals surface area contributed by atoms with E-state index in [1.165, 1.54) is 17.7 Å². The summed E-state index contributed by atoms with van der Waals surface area (Å²) < 4.78 is 13.6. The first kappa shape index (κ1) is 12.9. The maximum Gasteiger partial charge on any atom is 0.139 e. The van der Waals surface area contributed by atoms with Gasteiger partial charge in [-0.3, -0.25) is 0 Å². The van der Waals surface area contributed by atoms with Gasteiger partial charge in [0.2, 0.25) is 0 Å². The number of aromatic amines is 1. The molecule has 20 heavy (non-hydrogen) atoms. The molecule has 2 nitrogen and oxygen atoms in total. The van der Waals surface area contributed by atoms with Crippen LogP contribution in [0.15, 0.2) is 42.5 Å². The van der Waals surface area contributed by atoms with Crippen LogP contribution in [0.2, 0.25) is 0 Å². The quantitative estimate of drug-likeness (QED) is 0.693. The van der Waals surface area contributed by atoms with E-state index in [0.717, 1.165) is 22.9 Å². The van der Waals surface area contributed by atoms with E-state index in [2.05, 4.69) is 23.0 Å². The highest BCUT2D eigenvalue weighted by Gasteiger charge is 2.06. The number of halogens is 1. The van der Waals surface area contributed by atoms with Crippen molar-refractivity contribution < 1.29 is 4.39 Å². The Morgan fingerprint density at radius 1 is 1.15 bits per heavy atom. The number of nitrogens with one attached hydrogen (secondary N) is 1. The molecule has 0 spiro atoms. The fraction of sp³-hybridized carbons (Fsp3) is 0.125. The molecule has 100 valence electrons. The lowest BCUT2D eigenvalue weighted by Crippen LogP contribution is -1.95. The predicted octanol–water partition coefficient (Wildman–Crippen LogP) is 4.66. The van der Waals surface area contributed by atoms with Crippen molar-refractivity contribution in [1.82, 2.24) is 9.97 Å². The molecule has 3 rings (SSSR count). The highest BCUT2D eigenvalue weighted by atomic mass is 32.1. The Bertz CT molecular complexity index is 822. The fourth-order valence-electron chi connectivity index (χ4n) is 2.27. The van der Waals surface area contributed by atoms with Crippen molar-refractivity contribution in [3.8, 4) is 11.4 Å². The molecule has 1 N–H and O–H groups in total. The van der Waals surface area contributed by atoms with E-state index < -0.39 is 0 Å². The topological polar surface area (TPSA) is 28.7 Å². The number of hydrogen-bond donors (Lipinski definition) is 1. The van der Waals surface area contributed by atoms with E-state index in [1.54, 1.807) is 12.1 Å². The number of benzene rings is 2. The Balaban J connectivity index is 2.28. The normalized spacial score (nSPS) is 10.9. The lowest BCUT2D eigenvalue weighted by atomic mass is 10.1. The smallest absolute Gasteiger partial charge is 0.139 e. The summed E-state index contributed by atoms with van der Waals surface area (Å²) in [6, 6.07) is 12.3. The summed E-state index contributed by atoms with van der Waals surface area (Å²) in [6.45, 7) is 2.10. The molecule has 1 heterocycles. The van der Waals surface area contributed by atoms with Gasteiger partial charge >= 0.3 is 0 Å². The largest absolute Gasteiger partial charge is 0.339 e. The molecule has 0 radical (unpaired) electrons. The number of H-pyrrole nitrogens is 1. The Labute approximate surface area is 121 Å². The Morgan fingerprint density at radius 2 is 1.90 bits per heavy atom. The molecule has 0 saturated heterocycles. The van der Waals surface area contributed by atoms with Crippen LogP contribution in [0.5, 0.6) is 0 Å². The fourth-order valence-corrected chi connectivity index (χ4v) is 2.53. The molecule has 0 aliphatic heterocycles. The summed E-state index contributed by atoms with van der Waals surface area (Å²) in [5.74, 6) is 0.408. The van der Waals surface area contributed by atoms with Crippen LogP contribution in [-0.2, 0) is 6.42 Å². The van der Waals surface area contributed by atoms with Crippen LogP contribution in [0.25, 0.3) is 22.3 Å². The van der Waals surface area contributed by atoms with Crippen molar-refractivity contribution >= 4 is 23.1 Å². The second kappa shape index (κ2) is 5.13. The summed E-state index contributed by atoms with van der Waals surface area (Å²) in [5.41, 5.74) is 3.03. The van der Waals surface area contributed by atoms with Gasteiger partial charge in [0.15, 0.2) is 0 Å². The number of nitrogens with zero attached hydrogens (tertiary/aromatic N) is 1. The monoisotopic (exact) mass is 284 g/mol. The van der Waals surface area contributed by atoms with Crippen LogP contribution >= 0.6 is 12.2 Å². The lowest BCUT2D eigenvalue weighted by Gasteiger charge is -2.08. The van der Waals surface area contributed by atoms with Gasteiger partial charge < -0.3 is 4.98 Å². The molecule has 2 aromatic carbocycles. The molecule has 0 atom stereocenters. The van der Waals surface area contributed by atoms with Crippen LogP contribution in [0.4, 0.5) is 4.39 Å². The molecule has 0 bridgehead atoms. The molecule has 0 amide bonds. The summed E-state index contributed by atoms with van der Waals surface area (Å²) in [7, 11) is 0. The Hall–Kier alpha value is -2.07. The minimum atomic E-state index is -0.262. The minimum absolute atomic E-state index is 0.262. The number of aryl methyl sites for hydroxylation is 1. The maximum atomic E-state index is 13.0. The molecule has 3 aromatic rings. The van der Waals surface area contributed by atoms with E-state index in [9.17, 15) is 4.39 Å². The minimum Gasteiger partial charge on any atom is -0.339 e. The summed E-state index contributed by atoms with van der Waals surface area (Å²) in [5, 5.41) is 0.949. The number of fused-ring (bicyclic) bond motifs is 1. The van der Waals surface area contributed by atoms with Crippen LogP contribution in [0.3, 0.4) is 0 Å². The first-order valence-corrected chi connectivity index (χ1v) is 6.87. The van der Waals surface area contributed by atoms with E-state index >= 15 is 0 Å². The predicted molar refractivity (Wildman–Crippen MR) is 81.7 cm³/mol. The summed E-state index contributed by atoms with van der Waals surface area (Å²) in [4.78, 5) is 7.74. The number of aromatic nitrogens is 2. The van der Waals surface area contributed by atoms with Crippen molar-refractivity contribution in [3.05, 3.63) is 58.5 Å². The van der Waals surface area contributed by atoms with Crippen LogP contribution < -0.4 is 0 Å². The molecule has 0 unspecified atom stereocenters. The van der Waals surface area contributed by atoms with Crippen molar-refractivity contribution in [1.29, 1.82) is 0 Å². The first-order valence-electron chi connectivity index (χ1n) is 6.47. The standard InChI is InChI=1S/C16H13FN2S/c1-2-10-4-3-5-13-14(10)18-15(19-16(13)20)11-6-8-12(17)9-7-11/h3-9H,2H2,1H3,(H,18,19,20). The number of para-hydroxylation sites is 1. The zero-order valence-electron chi connectivity index (χ0n) is 11.0. The molecule has 4 heteroatoms. The molecular weight excluding hydrogens is 271 g/mol. The maximum absolute atomic E-state index is 13.0. The first-order chi connectivity index (χ1) is 9.69. The third-order valence-electron chi connectivity index (χ3n) is 3.34. The molecule has 0 saturated carbocycles. The van der Waals surface area contributed by atoms with Crippen LogP contribution in [-0.4, -0.2) is 9.97 Å². The lowest BCUT2D eigenvalue weighted by molar-refractivity contribution is 0.628. The van der Waals surface area contributed by atoms with Crippen LogP contribution in [0.1, 0.15) is 12.5 Å². The zero-order chi connectivity index (χ0) is 14.1. The Kier molecular flexibility index (Phi) is 3.32. The van der Waals surface area contributed by atoms with Gasteiger partial charge in [0.1, 0.15) is 16.3 Å². The van der Waals surface area contributed by atoms with Gasteiger partial charge in [0, 0.05) is 10.9 Å². The van der Waals surface area contributed by atoms with Gasteiger partial charge in [0.05, 0.1) is 5.52 Å². The number of rotatable bonds is 2. The number of hydrogen-bond acceptors (Lipinski definition) is 2. The van der Waals surface area contributed by atoms with Gasteiger partial charge in [0.25, 0.3) is 0 Å². The SMILES string of the molecule is CCc1cccc2c(=S)nc(-c3ccc(F)cc3)[nH]c12. The highest BCUT2D eigenvalue weighted by Crippen LogP contribution is 2.22. The second-order valence-electron chi connectivity index (χ2n) is 4.59. The third kappa shape index (κ3) is 2.23. The molecule has 0 aliphatic rings. The van der Waals surface area contributed by atoms with Gasteiger partial charge in [-0.1, -0.05) is 31.3 Å². The second-order valence-corrected chi connectivity index (χ2v) is 4.98. The zero-order valence-corrected chi connectivity index (χ0v) is 11.8. The van der Waals surface area contributed by atoms with Crippen LogP contribution in [0, 0.1) is 10.5 Å². The van der Waals surface area contributed by atoms with Gasteiger partial charge in [-0.05, 0) is 42.3 Å². The van der Waals surface area contributed by atoms with Crippen molar-refractivity contribution in [3.63, 3.8) is 0 Å². The molecule has 1 aromatic heterocycles. The molecular formula is C16H13FN2S. The van der Waals surface area contributed by atoms with E-state index in [1.807, 2.05) is 12.1 Å². The average Bonchev–Trinajstić information content (AvgIpc) is 2.47. The summed E-state index contributed by atoms with van der Waals surface area (Å²) >= 11 is 5.37. The van der Waals surface area contributed by atoms with Crippen molar-refractivity contribution in [2.45, 2.75) is 13.3 Å². The van der Waals surface area contributed by atoms with Crippen molar-refractivity contribution in [2.24, 2.45) is 0 Å². The average molecular weight is 284 g/mol. The van der Waals surface area contributed by atoms with E-state index in [4.69, 9.17) is 12.2 Å². The van der Waals surface area contributed by atoms with Gasteiger partial charge in [-0.15, -0.1) is 0 Å². The van der Waals surface area contributed by atoms with E-state index in [0.29, 0.717) is 10.5 Å². The summed E-state index contributed by atoms with van der Waals surface area (Å²) in [6.07, 6.45) is 0.912. The van der Waals surface area contributed by atoms with Crippen molar-refractivity contribution in [2.75, 3.05) is 0 Å². The molecule has 0 fully saturated rings. The van der Waals surface area contributed by atoms with Gasteiger partial charge in [-0.25, -0.2) is 9.37 Å². The molecule has 0 aliphatic carbocycles. The highest BCUT2D eigenvalue weighted by molar-refractivity contribution is 7.71. The Morgan fingerprint density at radius 3 is 2.60 bits per heavy atom. The van der Waals surface area contributed by atoms with E-state index in [-0.39, 0.29) is 5.82 Å². The van der Waals surface area contributed by atoms with Gasteiger partial charge in [-0.2, -0.15) is 0 Å².